The summed E-state index contributed by atoms with van der Waals surface area (Å²) in [6, 6.07) is 9.73. The first-order valence-electron chi connectivity index (χ1n) is 7.46. The molecule has 1 aromatic carbocycles. The fraction of sp³-hybridized carbons (Fsp3) is 0.625. The van der Waals surface area contributed by atoms with Gasteiger partial charge in [0.15, 0.2) is 12.1 Å². The summed E-state index contributed by atoms with van der Waals surface area (Å²) in [6.07, 6.45) is -3.25. The van der Waals surface area contributed by atoms with Gasteiger partial charge in [-0.15, -0.1) is 0 Å². The molecule has 0 spiro atoms. The van der Waals surface area contributed by atoms with Gasteiger partial charge in [-0.3, -0.25) is 0 Å². The molecule has 3 rings (SSSR count). The minimum atomic E-state index is -1.04. The summed E-state index contributed by atoms with van der Waals surface area (Å²) in [5.41, 5.74) is 1.02. The first-order chi connectivity index (χ1) is 10.5. The minimum Gasteiger partial charge on any atom is -0.394 e. The molecular formula is C16H22O6. The lowest BCUT2D eigenvalue weighted by Gasteiger charge is -2.28. The highest BCUT2D eigenvalue weighted by Crippen LogP contribution is 2.39. The Morgan fingerprint density at radius 2 is 1.95 bits per heavy atom. The highest BCUT2D eigenvalue weighted by Gasteiger charge is 2.56. The van der Waals surface area contributed by atoms with Crippen molar-refractivity contribution in [1.29, 1.82) is 0 Å². The summed E-state index contributed by atoms with van der Waals surface area (Å²) in [5, 5.41) is 19.1. The Kier molecular flexibility index (Phi) is 4.49. The number of aliphatic hydroxyl groups is 2. The minimum absolute atomic E-state index is 0.372. The van der Waals surface area contributed by atoms with Crippen molar-refractivity contribution in [2.24, 2.45) is 0 Å². The molecule has 0 aromatic heterocycles. The molecule has 5 atom stereocenters. The molecule has 22 heavy (non-hydrogen) atoms. The predicted molar refractivity (Wildman–Crippen MR) is 76.8 cm³/mol. The van der Waals surface area contributed by atoms with Gasteiger partial charge in [0, 0.05) is 0 Å². The van der Waals surface area contributed by atoms with Gasteiger partial charge >= 0.3 is 0 Å². The number of ether oxygens (including phenoxy) is 4. The van der Waals surface area contributed by atoms with Gasteiger partial charge in [-0.25, -0.2) is 0 Å². The van der Waals surface area contributed by atoms with Gasteiger partial charge in [-0.2, -0.15) is 0 Å². The van der Waals surface area contributed by atoms with Gasteiger partial charge in [-0.1, -0.05) is 30.3 Å². The van der Waals surface area contributed by atoms with Crippen molar-refractivity contribution in [3.05, 3.63) is 35.9 Å². The summed E-state index contributed by atoms with van der Waals surface area (Å²) in [6.45, 7) is 3.58. The number of rotatable bonds is 5. The van der Waals surface area contributed by atoms with Crippen LogP contribution >= 0.6 is 0 Å². The third kappa shape index (κ3) is 3.17. The standard InChI is InChI=1S/C16H22O6/c1-16(2)21-14-13(19-9-10-6-4-3-5-7-10)12(11(18)8-17)20-15(14)22-16/h3-7,11-15,17-18H,8-9H2,1-2H3/t11?,12-,13?,14+,15-/m1/s1. The second-order valence-electron chi connectivity index (χ2n) is 6.08. The molecule has 2 aliphatic rings. The van der Waals surface area contributed by atoms with Crippen molar-refractivity contribution in [2.45, 2.75) is 56.9 Å². The van der Waals surface area contributed by atoms with Crippen LogP contribution in [0.2, 0.25) is 0 Å². The summed E-state index contributed by atoms with van der Waals surface area (Å²) >= 11 is 0. The van der Waals surface area contributed by atoms with E-state index in [4.69, 9.17) is 18.9 Å². The SMILES string of the molecule is CC1(C)O[C@H]2O[C@H](C(O)CO)C(OCc3ccccc3)[C@@H]2O1. The van der Waals surface area contributed by atoms with Crippen LogP contribution in [0, 0.1) is 0 Å². The molecule has 2 saturated heterocycles. The van der Waals surface area contributed by atoms with E-state index in [-0.39, 0.29) is 0 Å². The summed E-state index contributed by atoms with van der Waals surface area (Å²) in [4.78, 5) is 0. The van der Waals surface area contributed by atoms with Gasteiger partial charge in [0.2, 0.25) is 0 Å². The topological polar surface area (TPSA) is 77.4 Å². The van der Waals surface area contributed by atoms with E-state index in [1.807, 2.05) is 30.3 Å². The van der Waals surface area contributed by atoms with Crippen LogP contribution in [0.5, 0.6) is 0 Å². The first-order valence-corrected chi connectivity index (χ1v) is 7.46. The van der Waals surface area contributed by atoms with E-state index in [0.29, 0.717) is 6.61 Å². The molecule has 2 unspecified atom stereocenters. The highest BCUT2D eigenvalue weighted by atomic mass is 16.8. The molecule has 2 heterocycles. The third-order valence-corrected chi connectivity index (χ3v) is 3.88. The fourth-order valence-corrected chi connectivity index (χ4v) is 2.87. The second-order valence-corrected chi connectivity index (χ2v) is 6.08. The zero-order valence-corrected chi connectivity index (χ0v) is 12.7. The number of hydrogen-bond donors (Lipinski definition) is 2. The van der Waals surface area contributed by atoms with Crippen molar-refractivity contribution in [3.63, 3.8) is 0 Å². The van der Waals surface area contributed by atoms with E-state index in [9.17, 15) is 10.2 Å². The molecule has 1 aromatic rings. The Bertz CT molecular complexity index is 491. The molecular weight excluding hydrogens is 288 g/mol. The van der Waals surface area contributed by atoms with Crippen molar-refractivity contribution in [1.82, 2.24) is 0 Å². The molecule has 122 valence electrons. The lowest BCUT2D eigenvalue weighted by atomic mass is 10.1. The molecule has 2 fully saturated rings. The third-order valence-electron chi connectivity index (χ3n) is 3.88. The lowest BCUT2D eigenvalue weighted by Crippen LogP contribution is -2.44. The maximum absolute atomic E-state index is 9.94. The zero-order valence-electron chi connectivity index (χ0n) is 12.7. The predicted octanol–water partition coefficient (Wildman–Crippen LogP) is 0.801. The maximum Gasteiger partial charge on any atom is 0.190 e. The lowest BCUT2D eigenvalue weighted by molar-refractivity contribution is -0.232. The van der Waals surface area contributed by atoms with Crippen LogP contribution in [-0.2, 0) is 25.6 Å². The van der Waals surface area contributed by atoms with E-state index in [1.165, 1.54) is 0 Å². The highest BCUT2D eigenvalue weighted by molar-refractivity contribution is 5.13. The van der Waals surface area contributed by atoms with E-state index >= 15 is 0 Å². The normalized spacial score (nSPS) is 34.5. The Hall–Kier alpha value is -1.02. The monoisotopic (exact) mass is 310 g/mol. The van der Waals surface area contributed by atoms with E-state index in [0.717, 1.165) is 5.56 Å². The van der Waals surface area contributed by atoms with Crippen LogP contribution in [-0.4, -0.2) is 53.3 Å². The van der Waals surface area contributed by atoms with E-state index in [2.05, 4.69) is 0 Å². The average Bonchev–Trinajstić information content (AvgIpc) is 2.97. The van der Waals surface area contributed by atoms with Crippen LogP contribution in [0.4, 0.5) is 0 Å². The Morgan fingerprint density at radius 1 is 1.23 bits per heavy atom. The van der Waals surface area contributed by atoms with Crippen molar-refractivity contribution >= 4 is 0 Å². The molecule has 6 nitrogen and oxygen atoms in total. The van der Waals surface area contributed by atoms with Gasteiger partial charge in [-0.05, 0) is 19.4 Å². The smallest absolute Gasteiger partial charge is 0.190 e. The molecule has 2 N–H and O–H groups in total. The Labute approximate surface area is 129 Å². The van der Waals surface area contributed by atoms with Crippen LogP contribution in [0.3, 0.4) is 0 Å². The van der Waals surface area contributed by atoms with Crippen LogP contribution in [0.15, 0.2) is 30.3 Å². The second kappa shape index (κ2) is 6.23. The van der Waals surface area contributed by atoms with Crippen LogP contribution in [0.25, 0.3) is 0 Å². The van der Waals surface area contributed by atoms with Crippen molar-refractivity contribution < 1.29 is 29.2 Å². The molecule has 0 amide bonds. The van der Waals surface area contributed by atoms with Gasteiger partial charge in [0.1, 0.15) is 24.4 Å². The first kappa shape index (κ1) is 15.9. The van der Waals surface area contributed by atoms with E-state index in [1.54, 1.807) is 13.8 Å². The zero-order chi connectivity index (χ0) is 15.7. The molecule has 0 aliphatic carbocycles. The molecule has 0 saturated carbocycles. The van der Waals surface area contributed by atoms with Gasteiger partial charge < -0.3 is 29.2 Å². The van der Waals surface area contributed by atoms with Crippen molar-refractivity contribution in [3.8, 4) is 0 Å². The molecule has 0 bridgehead atoms. The summed E-state index contributed by atoms with van der Waals surface area (Å²) in [7, 11) is 0. The van der Waals surface area contributed by atoms with E-state index < -0.39 is 43.1 Å². The Balaban J connectivity index is 1.71. The number of hydrogen-bond acceptors (Lipinski definition) is 6. The average molecular weight is 310 g/mol. The van der Waals surface area contributed by atoms with Gasteiger partial charge in [0.25, 0.3) is 0 Å². The van der Waals surface area contributed by atoms with Gasteiger partial charge in [0.05, 0.1) is 13.2 Å². The quantitative estimate of drug-likeness (QED) is 0.838. The summed E-state index contributed by atoms with van der Waals surface area (Å²) in [5.74, 6) is -0.751. The molecule has 6 heteroatoms. The molecule has 0 radical (unpaired) electrons. The van der Waals surface area contributed by atoms with Crippen molar-refractivity contribution in [2.75, 3.05) is 6.61 Å². The van der Waals surface area contributed by atoms with Crippen LogP contribution in [0.1, 0.15) is 19.4 Å². The largest absolute Gasteiger partial charge is 0.394 e. The summed E-state index contributed by atoms with van der Waals surface area (Å²) < 4.78 is 23.1. The fourth-order valence-electron chi connectivity index (χ4n) is 2.87. The number of aliphatic hydroxyl groups excluding tert-OH is 2. The molecule has 2 aliphatic heterocycles. The number of fused-ring (bicyclic) bond motifs is 1. The number of benzene rings is 1. The Morgan fingerprint density at radius 3 is 2.64 bits per heavy atom. The maximum atomic E-state index is 9.94. The van der Waals surface area contributed by atoms with Crippen LogP contribution < -0.4 is 0 Å².